The lowest BCUT2D eigenvalue weighted by Gasteiger charge is -2.42. The van der Waals surface area contributed by atoms with Gasteiger partial charge in [0.1, 0.15) is 5.76 Å². The van der Waals surface area contributed by atoms with Gasteiger partial charge in [0.2, 0.25) is 0 Å². The van der Waals surface area contributed by atoms with Crippen LogP contribution in [0.25, 0.3) is 0 Å². The van der Waals surface area contributed by atoms with Crippen molar-refractivity contribution in [2.45, 2.75) is 33.1 Å². The molecule has 0 fully saturated rings. The maximum atomic E-state index is 5.67. The molecule has 84 valence electrons. The van der Waals surface area contributed by atoms with E-state index < -0.39 is 0 Å². The van der Waals surface area contributed by atoms with Gasteiger partial charge in [-0.05, 0) is 42.2 Å². The topological polar surface area (TPSA) is 13.1 Å². The number of furan rings is 1. The van der Waals surface area contributed by atoms with Crippen molar-refractivity contribution in [3.8, 4) is 0 Å². The van der Waals surface area contributed by atoms with Crippen LogP contribution in [0.4, 0.5) is 0 Å². The number of fused-ring (bicyclic) bond motifs is 2. The van der Waals surface area contributed by atoms with Crippen molar-refractivity contribution in [1.82, 2.24) is 0 Å². The Balaban J connectivity index is 2.09. The summed E-state index contributed by atoms with van der Waals surface area (Å²) >= 11 is 0. The summed E-state index contributed by atoms with van der Waals surface area (Å²) in [5.74, 6) is 1.79. The van der Waals surface area contributed by atoms with Crippen LogP contribution in [-0.2, 0) is 12.8 Å². The van der Waals surface area contributed by atoms with E-state index in [1.807, 2.05) is 6.26 Å². The highest BCUT2D eigenvalue weighted by atomic mass is 16.3. The molecule has 1 heteroatoms. The summed E-state index contributed by atoms with van der Waals surface area (Å²) in [6.45, 7) is 8.73. The second-order valence-electron chi connectivity index (χ2n) is 5.52. The summed E-state index contributed by atoms with van der Waals surface area (Å²) in [5, 5.41) is 0. The monoisotopic (exact) mass is 214 g/mol. The summed E-state index contributed by atoms with van der Waals surface area (Å²) < 4.78 is 5.67. The van der Waals surface area contributed by atoms with E-state index in [2.05, 4.69) is 32.6 Å². The maximum Gasteiger partial charge on any atom is 0.108 e. The highest BCUT2D eigenvalue weighted by Gasteiger charge is 2.41. The third-order valence-electron chi connectivity index (χ3n) is 4.31. The van der Waals surface area contributed by atoms with E-state index in [4.69, 9.17) is 4.42 Å². The predicted octanol–water partition coefficient (Wildman–Crippen LogP) is 3.83. The van der Waals surface area contributed by atoms with E-state index in [0.29, 0.717) is 5.92 Å². The molecule has 16 heavy (non-hydrogen) atoms. The molecule has 1 heterocycles. The molecule has 1 aromatic heterocycles. The Bertz CT molecular complexity index is 478. The summed E-state index contributed by atoms with van der Waals surface area (Å²) in [6.07, 6.45) is 9.71. The van der Waals surface area contributed by atoms with Crippen LogP contribution in [0, 0.1) is 18.3 Å². The van der Waals surface area contributed by atoms with E-state index in [9.17, 15) is 0 Å². The Hall–Kier alpha value is -1.24. The SMILES string of the molecule is C=C1CC=C[C@@]2(C)Cc3occ(C)c3C[C@@H]12. The van der Waals surface area contributed by atoms with Gasteiger partial charge >= 0.3 is 0 Å². The molecule has 1 aromatic rings. The lowest BCUT2D eigenvalue weighted by molar-refractivity contribution is 0.238. The van der Waals surface area contributed by atoms with Gasteiger partial charge in [0.25, 0.3) is 0 Å². The van der Waals surface area contributed by atoms with Gasteiger partial charge in [-0.1, -0.05) is 31.2 Å². The lowest BCUT2D eigenvalue weighted by atomic mass is 9.62. The van der Waals surface area contributed by atoms with Crippen molar-refractivity contribution < 1.29 is 4.42 Å². The summed E-state index contributed by atoms with van der Waals surface area (Å²) in [6, 6.07) is 0. The third-order valence-corrected chi connectivity index (χ3v) is 4.31. The first-order chi connectivity index (χ1) is 7.60. The molecular weight excluding hydrogens is 196 g/mol. The lowest BCUT2D eigenvalue weighted by Crippen LogP contribution is -2.36. The third kappa shape index (κ3) is 1.24. The quantitative estimate of drug-likeness (QED) is 0.598. The highest BCUT2D eigenvalue weighted by molar-refractivity contribution is 5.37. The Labute approximate surface area is 96.8 Å². The Morgan fingerprint density at radius 1 is 1.50 bits per heavy atom. The second-order valence-corrected chi connectivity index (χ2v) is 5.52. The van der Waals surface area contributed by atoms with Crippen LogP contribution in [0.15, 0.2) is 35.0 Å². The van der Waals surface area contributed by atoms with Gasteiger partial charge in [0.05, 0.1) is 6.26 Å². The van der Waals surface area contributed by atoms with Gasteiger partial charge in [-0.3, -0.25) is 0 Å². The van der Waals surface area contributed by atoms with Crippen molar-refractivity contribution in [3.05, 3.63) is 47.5 Å². The van der Waals surface area contributed by atoms with Crippen molar-refractivity contribution in [1.29, 1.82) is 0 Å². The fourth-order valence-corrected chi connectivity index (χ4v) is 3.26. The molecular formula is C15H18O. The Kier molecular flexibility index (Phi) is 1.95. The first kappa shape index (κ1) is 9.95. The molecule has 0 unspecified atom stereocenters. The van der Waals surface area contributed by atoms with Crippen molar-refractivity contribution >= 4 is 0 Å². The van der Waals surface area contributed by atoms with E-state index in [0.717, 1.165) is 19.3 Å². The molecule has 0 saturated heterocycles. The summed E-state index contributed by atoms with van der Waals surface area (Å²) in [5.41, 5.74) is 4.35. The Morgan fingerprint density at radius 2 is 2.31 bits per heavy atom. The minimum absolute atomic E-state index is 0.229. The molecule has 0 amide bonds. The molecule has 0 spiro atoms. The molecule has 2 aliphatic rings. The molecule has 2 aliphatic carbocycles. The molecule has 0 saturated carbocycles. The summed E-state index contributed by atoms with van der Waals surface area (Å²) in [7, 11) is 0. The van der Waals surface area contributed by atoms with Gasteiger partial charge in [-0.2, -0.15) is 0 Å². The molecule has 2 atom stereocenters. The van der Waals surface area contributed by atoms with Crippen LogP contribution >= 0.6 is 0 Å². The zero-order valence-electron chi connectivity index (χ0n) is 10.0. The minimum atomic E-state index is 0.229. The largest absolute Gasteiger partial charge is 0.469 e. The normalized spacial score (nSPS) is 32.4. The van der Waals surface area contributed by atoms with E-state index in [1.165, 1.54) is 22.5 Å². The average molecular weight is 214 g/mol. The standard InChI is InChI=1S/C15H18O/c1-10-5-4-6-15(3)8-14-12(7-13(10)15)11(2)9-16-14/h4,6,9,13H,1,5,7-8H2,2-3H3/t13-,15-/m0/s1. The molecule has 0 aliphatic heterocycles. The van der Waals surface area contributed by atoms with Gasteiger partial charge < -0.3 is 4.42 Å². The fourth-order valence-electron chi connectivity index (χ4n) is 3.26. The molecule has 0 bridgehead atoms. The number of aryl methyl sites for hydroxylation is 1. The van der Waals surface area contributed by atoms with Gasteiger partial charge in [-0.15, -0.1) is 0 Å². The smallest absolute Gasteiger partial charge is 0.108 e. The van der Waals surface area contributed by atoms with E-state index in [1.54, 1.807) is 0 Å². The van der Waals surface area contributed by atoms with Crippen LogP contribution in [0.1, 0.15) is 30.2 Å². The molecule has 0 aromatic carbocycles. The van der Waals surface area contributed by atoms with Crippen LogP contribution in [-0.4, -0.2) is 0 Å². The van der Waals surface area contributed by atoms with Crippen LogP contribution < -0.4 is 0 Å². The minimum Gasteiger partial charge on any atom is -0.469 e. The fraction of sp³-hybridized carbons (Fsp3) is 0.467. The van der Waals surface area contributed by atoms with Crippen molar-refractivity contribution in [3.63, 3.8) is 0 Å². The number of hydrogen-bond donors (Lipinski definition) is 0. The predicted molar refractivity (Wildman–Crippen MR) is 65.3 cm³/mol. The second kappa shape index (κ2) is 3.13. The van der Waals surface area contributed by atoms with Gasteiger partial charge in [0, 0.05) is 6.42 Å². The Morgan fingerprint density at radius 3 is 3.12 bits per heavy atom. The first-order valence-corrected chi connectivity index (χ1v) is 6.01. The molecule has 0 radical (unpaired) electrons. The number of rotatable bonds is 0. The molecule has 1 nitrogen and oxygen atoms in total. The molecule has 3 rings (SSSR count). The molecule has 0 N–H and O–H groups in total. The van der Waals surface area contributed by atoms with Crippen molar-refractivity contribution in [2.75, 3.05) is 0 Å². The van der Waals surface area contributed by atoms with Crippen LogP contribution in [0.5, 0.6) is 0 Å². The van der Waals surface area contributed by atoms with Crippen LogP contribution in [0.2, 0.25) is 0 Å². The van der Waals surface area contributed by atoms with Crippen LogP contribution in [0.3, 0.4) is 0 Å². The average Bonchev–Trinajstić information content (AvgIpc) is 2.57. The number of allylic oxidation sites excluding steroid dienone is 3. The van der Waals surface area contributed by atoms with Gasteiger partial charge in [-0.25, -0.2) is 0 Å². The first-order valence-electron chi connectivity index (χ1n) is 6.01. The zero-order chi connectivity index (χ0) is 11.3. The van der Waals surface area contributed by atoms with E-state index in [-0.39, 0.29) is 5.41 Å². The number of hydrogen-bond acceptors (Lipinski definition) is 1. The highest BCUT2D eigenvalue weighted by Crippen LogP contribution is 2.48. The van der Waals surface area contributed by atoms with Gasteiger partial charge in [0.15, 0.2) is 0 Å². The summed E-state index contributed by atoms with van der Waals surface area (Å²) in [4.78, 5) is 0. The van der Waals surface area contributed by atoms with E-state index >= 15 is 0 Å². The maximum absolute atomic E-state index is 5.67. The zero-order valence-corrected chi connectivity index (χ0v) is 10.0. The van der Waals surface area contributed by atoms with Crippen molar-refractivity contribution in [2.24, 2.45) is 11.3 Å².